The number of benzene rings is 1. The minimum Gasteiger partial charge on any atom is -0.330 e. The van der Waals surface area contributed by atoms with Gasteiger partial charge in [0.15, 0.2) is 0 Å². The quantitative estimate of drug-likeness (QED) is 0.876. The van der Waals surface area contributed by atoms with Gasteiger partial charge in [-0.3, -0.25) is 4.68 Å². The molecular weight excluding hydrogens is 222 g/mol. The van der Waals surface area contributed by atoms with Gasteiger partial charge in [0.2, 0.25) is 0 Å². The van der Waals surface area contributed by atoms with Crippen LogP contribution in [-0.2, 0) is 13.5 Å². The Hall–Kier alpha value is -1.61. The summed E-state index contributed by atoms with van der Waals surface area (Å²) in [5.41, 5.74) is 9.82. The zero-order valence-electron chi connectivity index (χ0n) is 11.1. The van der Waals surface area contributed by atoms with Crippen molar-refractivity contribution in [2.75, 3.05) is 6.54 Å². The number of hydrogen-bond acceptors (Lipinski definition) is 2. The van der Waals surface area contributed by atoms with E-state index in [0.29, 0.717) is 12.5 Å². The monoisotopic (exact) mass is 243 g/mol. The Kier molecular flexibility index (Phi) is 4.15. The van der Waals surface area contributed by atoms with Crippen molar-refractivity contribution in [2.45, 2.75) is 25.7 Å². The molecule has 96 valence electrons. The van der Waals surface area contributed by atoms with Gasteiger partial charge in [-0.1, -0.05) is 29.8 Å². The third-order valence-electron chi connectivity index (χ3n) is 3.47. The maximum Gasteiger partial charge on any atom is 0.0492 e. The molecule has 0 saturated heterocycles. The number of rotatable bonds is 5. The molecular formula is C15H21N3. The van der Waals surface area contributed by atoms with E-state index in [-0.39, 0.29) is 0 Å². The maximum atomic E-state index is 5.91. The van der Waals surface area contributed by atoms with Crippen LogP contribution in [0.3, 0.4) is 0 Å². The van der Waals surface area contributed by atoms with Crippen molar-refractivity contribution in [3.8, 4) is 0 Å². The highest BCUT2D eigenvalue weighted by molar-refractivity contribution is 5.26. The second-order valence-corrected chi connectivity index (χ2v) is 4.83. The van der Waals surface area contributed by atoms with Gasteiger partial charge in [-0.25, -0.2) is 0 Å². The summed E-state index contributed by atoms with van der Waals surface area (Å²) in [6.45, 7) is 2.82. The Morgan fingerprint density at radius 3 is 2.78 bits per heavy atom. The van der Waals surface area contributed by atoms with E-state index in [1.165, 1.54) is 16.8 Å². The fourth-order valence-electron chi connectivity index (χ4n) is 2.31. The van der Waals surface area contributed by atoms with Crippen LogP contribution < -0.4 is 5.73 Å². The number of aromatic nitrogens is 2. The normalized spacial score (nSPS) is 12.6. The summed E-state index contributed by atoms with van der Waals surface area (Å²) in [5, 5.41) is 4.19. The largest absolute Gasteiger partial charge is 0.330 e. The van der Waals surface area contributed by atoms with Crippen molar-refractivity contribution in [1.29, 1.82) is 0 Å². The highest BCUT2D eigenvalue weighted by Gasteiger charge is 2.11. The first-order chi connectivity index (χ1) is 8.70. The number of nitrogens with zero attached hydrogens (tertiary/aromatic N) is 2. The van der Waals surface area contributed by atoms with E-state index in [1.54, 1.807) is 0 Å². The van der Waals surface area contributed by atoms with E-state index in [9.17, 15) is 0 Å². The third-order valence-corrected chi connectivity index (χ3v) is 3.47. The lowest BCUT2D eigenvalue weighted by molar-refractivity contribution is 0.603. The van der Waals surface area contributed by atoms with Gasteiger partial charge in [0.05, 0.1) is 0 Å². The Bertz CT molecular complexity index is 502. The van der Waals surface area contributed by atoms with Gasteiger partial charge in [0.1, 0.15) is 0 Å². The van der Waals surface area contributed by atoms with Crippen LogP contribution in [0.1, 0.15) is 29.2 Å². The molecule has 1 unspecified atom stereocenters. The summed E-state index contributed by atoms with van der Waals surface area (Å²) < 4.78 is 1.93. The summed E-state index contributed by atoms with van der Waals surface area (Å²) in [6.07, 6.45) is 3.94. The van der Waals surface area contributed by atoms with Gasteiger partial charge in [-0.2, -0.15) is 5.10 Å². The highest BCUT2D eigenvalue weighted by Crippen LogP contribution is 2.21. The van der Waals surface area contributed by atoms with Crippen LogP contribution in [0.4, 0.5) is 0 Å². The first-order valence-corrected chi connectivity index (χ1v) is 6.44. The van der Waals surface area contributed by atoms with Crippen molar-refractivity contribution in [3.05, 3.63) is 53.3 Å². The third kappa shape index (κ3) is 2.99. The fourth-order valence-corrected chi connectivity index (χ4v) is 2.31. The molecule has 1 heterocycles. The van der Waals surface area contributed by atoms with Crippen LogP contribution in [0.25, 0.3) is 0 Å². The van der Waals surface area contributed by atoms with Crippen LogP contribution in [0, 0.1) is 6.92 Å². The standard InChI is InChI=1S/C15H21N3/c1-12-4-3-5-13(10-12)14(11-16)6-7-15-8-9-17-18(15)2/h3-5,8-10,14H,6-7,11,16H2,1-2H3. The molecule has 1 atom stereocenters. The maximum absolute atomic E-state index is 5.91. The van der Waals surface area contributed by atoms with Gasteiger partial charge < -0.3 is 5.73 Å². The summed E-state index contributed by atoms with van der Waals surface area (Å²) in [4.78, 5) is 0. The molecule has 18 heavy (non-hydrogen) atoms. The molecule has 0 amide bonds. The Morgan fingerprint density at radius 2 is 2.17 bits per heavy atom. The summed E-state index contributed by atoms with van der Waals surface area (Å²) >= 11 is 0. The van der Waals surface area contributed by atoms with E-state index in [2.05, 4.69) is 42.4 Å². The molecule has 2 aromatic rings. The molecule has 0 radical (unpaired) electrons. The average Bonchev–Trinajstić information content (AvgIpc) is 2.76. The Labute approximate surface area is 109 Å². The molecule has 0 aliphatic heterocycles. The molecule has 3 heteroatoms. The average molecular weight is 243 g/mol. The molecule has 0 spiro atoms. The minimum absolute atomic E-state index is 0.430. The predicted octanol–water partition coefficient (Wildman–Crippen LogP) is 2.40. The van der Waals surface area contributed by atoms with Crippen molar-refractivity contribution in [1.82, 2.24) is 9.78 Å². The van der Waals surface area contributed by atoms with E-state index < -0.39 is 0 Å². The molecule has 0 aliphatic carbocycles. The molecule has 3 nitrogen and oxygen atoms in total. The Morgan fingerprint density at radius 1 is 1.33 bits per heavy atom. The SMILES string of the molecule is Cc1cccc(C(CN)CCc2ccnn2C)c1. The lowest BCUT2D eigenvalue weighted by Gasteiger charge is -2.15. The minimum atomic E-state index is 0.430. The van der Waals surface area contributed by atoms with Crippen molar-refractivity contribution >= 4 is 0 Å². The van der Waals surface area contributed by atoms with Crippen LogP contribution >= 0.6 is 0 Å². The van der Waals surface area contributed by atoms with Gasteiger partial charge in [0.25, 0.3) is 0 Å². The van der Waals surface area contributed by atoms with Crippen LogP contribution in [0.2, 0.25) is 0 Å². The smallest absolute Gasteiger partial charge is 0.0492 e. The first kappa shape index (κ1) is 12.8. The number of nitrogens with two attached hydrogens (primary N) is 1. The second kappa shape index (κ2) is 5.83. The van der Waals surface area contributed by atoms with Crippen molar-refractivity contribution < 1.29 is 0 Å². The fraction of sp³-hybridized carbons (Fsp3) is 0.400. The Balaban J connectivity index is 2.04. The first-order valence-electron chi connectivity index (χ1n) is 6.44. The molecule has 2 rings (SSSR count). The van der Waals surface area contributed by atoms with Gasteiger partial charge in [0, 0.05) is 18.9 Å². The zero-order chi connectivity index (χ0) is 13.0. The zero-order valence-corrected chi connectivity index (χ0v) is 11.1. The van der Waals surface area contributed by atoms with E-state index in [1.807, 2.05) is 17.9 Å². The van der Waals surface area contributed by atoms with Gasteiger partial charge in [-0.05, 0) is 43.9 Å². The predicted molar refractivity (Wildman–Crippen MR) is 74.5 cm³/mol. The topological polar surface area (TPSA) is 43.8 Å². The number of aryl methyl sites for hydroxylation is 3. The molecule has 0 bridgehead atoms. The van der Waals surface area contributed by atoms with Crippen LogP contribution in [-0.4, -0.2) is 16.3 Å². The van der Waals surface area contributed by atoms with Crippen LogP contribution in [0.5, 0.6) is 0 Å². The summed E-state index contributed by atoms with van der Waals surface area (Å²) in [6, 6.07) is 10.7. The van der Waals surface area contributed by atoms with E-state index in [4.69, 9.17) is 5.73 Å². The number of hydrogen-bond donors (Lipinski definition) is 1. The highest BCUT2D eigenvalue weighted by atomic mass is 15.2. The van der Waals surface area contributed by atoms with Crippen LogP contribution in [0.15, 0.2) is 36.5 Å². The molecule has 1 aromatic heterocycles. The van der Waals surface area contributed by atoms with Gasteiger partial charge >= 0.3 is 0 Å². The lowest BCUT2D eigenvalue weighted by atomic mass is 9.92. The molecule has 2 N–H and O–H groups in total. The van der Waals surface area contributed by atoms with Crippen molar-refractivity contribution in [2.24, 2.45) is 12.8 Å². The molecule has 0 saturated carbocycles. The second-order valence-electron chi connectivity index (χ2n) is 4.83. The molecule has 0 aliphatic rings. The molecule has 1 aromatic carbocycles. The van der Waals surface area contributed by atoms with E-state index in [0.717, 1.165) is 12.8 Å². The van der Waals surface area contributed by atoms with E-state index >= 15 is 0 Å². The summed E-state index contributed by atoms with van der Waals surface area (Å²) in [5.74, 6) is 0.430. The van der Waals surface area contributed by atoms with Gasteiger partial charge in [-0.15, -0.1) is 0 Å². The van der Waals surface area contributed by atoms with Crippen molar-refractivity contribution in [3.63, 3.8) is 0 Å². The summed E-state index contributed by atoms with van der Waals surface area (Å²) in [7, 11) is 1.99. The molecule has 0 fully saturated rings. The lowest BCUT2D eigenvalue weighted by Crippen LogP contribution is -2.14.